The molecule has 94 valence electrons. The summed E-state index contributed by atoms with van der Waals surface area (Å²) in [5.74, 6) is 0.402. The van der Waals surface area contributed by atoms with E-state index in [0.717, 1.165) is 12.3 Å². The van der Waals surface area contributed by atoms with E-state index in [4.69, 9.17) is 11.6 Å². The molecular weight excluding hydrogens is 267 g/mol. The molecule has 2 heterocycles. The molecule has 0 aliphatic rings. The number of aromatic nitrogens is 2. The molecule has 2 aromatic heterocycles. The SMILES string of the molecule is FC(F)(F)c1cc(Nc2ccc(Cl)cn2)ccn1. The van der Waals surface area contributed by atoms with E-state index >= 15 is 0 Å². The van der Waals surface area contributed by atoms with E-state index in [2.05, 4.69) is 15.3 Å². The maximum absolute atomic E-state index is 12.4. The van der Waals surface area contributed by atoms with Gasteiger partial charge in [0.2, 0.25) is 0 Å². The van der Waals surface area contributed by atoms with Crippen LogP contribution >= 0.6 is 11.6 Å². The first-order valence-corrected chi connectivity index (χ1v) is 5.25. The van der Waals surface area contributed by atoms with Crippen molar-refractivity contribution >= 4 is 23.1 Å². The second-order valence-corrected chi connectivity index (χ2v) is 3.85. The van der Waals surface area contributed by atoms with Gasteiger partial charge in [-0.2, -0.15) is 13.2 Å². The van der Waals surface area contributed by atoms with Crippen LogP contribution in [-0.2, 0) is 6.18 Å². The minimum absolute atomic E-state index is 0.257. The maximum Gasteiger partial charge on any atom is 0.433 e. The van der Waals surface area contributed by atoms with E-state index < -0.39 is 11.9 Å². The monoisotopic (exact) mass is 273 g/mol. The van der Waals surface area contributed by atoms with Crippen molar-refractivity contribution in [1.29, 1.82) is 0 Å². The molecule has 7 heteroatoms. The normalized spacial score (nSPS) is 11.3. The summed E-state index contributed by atoms with van der Waals surface area (Å²) < 4.78 is 37.3. The van der Waals surface area contributed by atoms with Crippen molar-refractivity contribution in [2.24, 2.45) is 0 Å². The highest BCUT2D eigenvalue weighted by Gasteiger charge is 2.32. The van der Waals surface area contributed by atoms with E-state index in [-0.39, 0.29) is 5.69 Å². The van der Waals surface area contributed by atoms with Crippen LogP contribution in [0.4, 0.5) is 24.7 Å². The van der Waals surface area contributed by atoms with Crippen molar-refractivity contribution in [3.8, 4) is 0 Å². The molecule has 0 aliphatic carbocycles. The van der Waals surface area contributed by atoms with Gasteiger partial charge < -0.3 is 5.32 Å². The summed E-state index contributed by atoms with van der Waals surface area (Å²) in [7, 11) is 0. The lowest BCUT2D eigenvalue weighted by atomic mass is 10.3. The van der Waals surface area contributed by atoms with E-state index in [1.807, 2.05) is 0 Å². The van der Waals surface area contributed by atoms with Gasteiger partial charge in [-0.25, -0.2) is 4.98 Å². The molecule has 18 heavy (non-hydrogen) atoms. The standard InChI is InChI=1S/C11H7ClF3N3/c12-7-1-2-10(17-6-7)18-8-3-4-16-9(5-8)11(13,14)15/h1-6H,(H,16,17,18). The molecule has 0 bridgehead atoms. The van der Waals surface area contributed by atoms with Gasteiger partial charge in [0, 0.05) is 18.1 Å². The smallest absolute Gasteiger partial charge is 0.340 e. The zero-order valence-corrected chi connectivity index (χ0v) is 9.63. The molecule has 0 amide bonds. The van der Waals surface area contributed by atoms with Gasteiger partial charge in [0.05, 0.1) is 5.02 Å². The lowest BCUT2D eigenvalue weighted by molar-refractivity contribution is -0.141. The molecule has 2 rings (SSSR count). The number of hydrogen-bond donors (Lipinski definition) is 1. The third kappa shape index (κ3) is 3.10. The Morgan fingerprint density at radius 3 is 2.50 bits per heavy atom. The molecule has 0 aromatic carbocycles. The summed E-state index contributed by atoms with van der Waals surface area (Å²) >= 11 is 5.65. The molecule has 0 atom stereocenters. The van der Waals surface area contributed by atoms with Gasteiger partial charge in [0.15, 0.2) is 0 Å². The Bertz CT molecular complexity index is 540. The Balaban J connectivity index is 2.22. The third-order valence-corrected chi connectivity index (χ3v) is 2.27. The average molecular weight is 274 g/mol. The number of rotatable bonds is 2. The predicted octanol–water partition coefficient (Wildman–Crippen LogP) is 3.89. The summed E-state index contributed by atoms with van der Waals surface area (Å²) in [5.41, 5.74) is -0.700. The molecule has 0 saturated heterocycles. The topological polar surface area (TPSA) is 37.8 Å². The Hall–Kier alpha value is -1.82. The van der Waals surface area contributed by atoms with Crippen molar-refractivity contribution in [3.05, 3.63) is 47.4 Å². The van der Waals surface area contributed by atoms with E-state index in [9.17, 15) is 13.2 Å². The van der Waals surface area contributed by atoms with Crippen LogP contribution in [0.2, 0.25) is 5.02 Å². The fraction of sp³-hybridized carbons (Fsp3) is 0.0909. The van der Waals surface area contributed by atoms with Gasteiger partial charge in [-0.05, 0) is 24.3 Å². The highest BCUT2D eigenvalue weighted by Crippen LogP contribution is 2.29. The summed E-state index contributed by atoms with van der Waals surface area (Å²) in [5, 5.41) is 3.18. The third-order valence-electron chi connectivity index (χ3n) is 2.05. The molecule has 2 aromatic rings. The van der Waals surface area contributed by atoms with Crippen molar-refractivity contribution in [3.63, 3.8) is 0 Å². The first-order valence-electron chi connectivity index (χ1n) is 4.87. The van der Waals surface area contributed by atoms with Gasteiger partial charge >= 0.3 is 6.18 Å². The fourth-order valence-electron chi connectivity index (χ4n) is 1.26. The highest BCUT2D eigenvalue weighted by atomic mass is 35.5. The second kappa shape index (κ2) is 4.81. The Kier molecular flexibility index (Phi) is 3.38. The minimum Gasteiger partial charge on any atom is -0.340 e. The summed E-state index contributed by atoms with van der Waals surface area (Å²) in [6.07, 6.45) is -1.98. The van der Waals surface area contributed by atoms with Crippen LogP contribution in [-0.4, -0.2) is 9.97 Å². The Morgan fingerprint density at radius 2 is 1.89 bits per heavy atom. The van der Waals surface area contributed by atoms with Crippen LogP contribution in [0.15, 0.2) is 36.7 Å². The fourth-order valence-corrected chi connectivity index (χ4v) is 1.37. The Morgan fingerprint density at radius 1 is 1.11 bits per heavy atom. The van der Waals surface area contributed by atoms with Crippen LogP contribution in [0, 0.1) is 0 Å². The lowest BCUT2D eigenvalue weighted by Crippen LogP contribution is -2.08. The number of nitrogens with zero attached hydrogens (tertiary/aromatic N) is 2. The zero-order valence-electron chi connectivity index (χ0n) is 8.87. The average Bonchev–Trinajstić information content (AvgIpc) is 2.31. The van der Waals surface area contributed by atoms with E-state index in [1.54, 1.807) is 12.1 Å². The number of pyridine rings is 2. The molecule has 0 unspecified atom stereocenters. The predicted molar refractivity (Wildman–Crippen MR) is 61.8 cm³/mol. The minimum atomic E-state index is -4.47. The van der Waals surface area contributed by atoms with Gasteiger partial charge in [-0.3, -0.25) is 4.98 Å². The molecule has 1 N–H and O–H groups in total. The van der Waals surface area contributed by atoms with Gasteiger partial charge in [-0.1, -0.05) is 11.6 Å². The molecule has 0 radical (unpaired) electrons. The molecule has 3 nitrogen and oxygen atoms in total. The summed E-state index contributed by atoms with van der Waals surface area (Å²) in [6.45, 7) is 0. The van der Waals surface area contributed by atoms with E-state index in [0.29, 0.717) is 10.8 Å². The van der Waals surface area contributed by atoms with Crippen LogP contribution in [0.25, 0.3) is 0 Å². The molecular formula is C11H7ClF3N3. The molecule has 0 fully saturated rings. The molecule has 0 saturated carbocycles. The molecule has 0 aliphatic heterocycles. The van der Waals surface area contributed by atoms with Gasteiger partial charge in [0.1, 0.15) is 11.5 Å². The number of anilines is 2. The van der Waals surface area contributed by atoms with Crippen LogP contribution in [0.1, 0.15) is 5.69 Å². The lowest BCUT2D eigenvalue weighted by Gasteiger charge is -2.09. The highest BCUT2D eigenvalue weighted by molar-refractivity contribution is 6.30. The first kappa shape index (κ1) is 12.6. The summed E-state index contributed by atoms with van der Waals surface area (Å²) in [4.78, 5) is 7.18. The quantitative estimate of drug-likeness (QED) is 0.902. The maximum atomic E-state index is 12.4. The zero-order chi connectivity index (χ0) is 13.2. The van der Waals surface area contributed by atoms with Crippen molar-refractivity contribution in [1.82, 2.24) is 9.97 Å². The van der Waals surface area contributed by atoms with Crippen LogP contribution in [0.5, 0.6) is 0 Å². The van der Waals surface area contributed by atoms with Crippen molar-refractivity contribution in [2.45, 2.75) is 6.18 Å². The van der Waals surface area contributed by atoms with Gasteiger partial charge in [0.25, 0.3) is 0 Å². The van der Waals surface area contributed by atoms with Crippen molar-refractivity contribution < 1.29 is 13.2 Å². The Labute approximate surface area is 106 Å². The van der Waals surface area contributed by atoms with E-state index in [1.165, 1.54) is 12.3 Å². The number of hydrogen-bond acceptors (Lipinski definition) is 3. The van der Waals surface area contributed by atoms with Gasteiger partial charge in [-0.15, -0.1) is 0 Å². The summed E-state index contributed by atoms with van der Waals surface area (Å²) in [6, 6.07) is 5.49. The van der Waals surface area contributed by atoms with Crippen LogP contribution < -0.4 is 5.32 Å². The number of alkyl halides is 3. The van der Waals surface area contributed by atoms with Crippen molar-refractivity contribution in [2.75, 3.05) is 5.32 Å². The number of halogens is 4. The number of nitrogens with one attached hydrogen (secondary N) is 1. The van der Waals surface area contributed by atoms with Crippen LogP contribution in [0.3, 0.4) is 0 Å². The largest absolute Gasteiger partial charge is 0.433 e. The molecule has 0 spiro atoms. The second-order valence-electron chi connectivity index (χ2n) is 3.41. The first-order chi connectivity index (χ1) is 8.45.